The van der Waals surface area contributed by atoms with Gasteiger partial charge in [-0.1, -0.05) is 22.9 Å². The molecule has 0 spiro atoms. The van der Waals surface area contributed by atoms with Crippen LogP contribution in [0.4, 0.5) is 4.39 Å². The first-order valence-corrected chi connectivity index (χ1v) is 6.09. The summed E-state index contributed by atoms with van der Waals surface area (Å²) in [6.07, 6.45) is 1.98. The number of benzene rings is 1. The summed E-state index contributed by atoms with van der Waals surface area (Å²) in [6.45, 7) is 5.27. The molecule has 1 unspecified atom stereocenters. The van der Waals surface area contributed by atoms with Crippen molar-refractivity contribution in [1.29, 1.82) is 0 Å². The molecule has 0 aromatic heterocycles. The van der Waals surface area contributed by atoms with E-state index in [1.807, 2.05) is 6.07 Å². The van der Waals surface area contributed by atoms with Gasteiger partial charge < -0.3 is 5.32 Å². The Labute approximate surface area is 99.2 Å². The van der Waals surface area contributed by atoms with Gasteiger partial charge in [0.15, 0.2) is 0 Å². The summed E-state index contributed by atoms with van der Waals surface area (Å²) in [5.41, 5.74) is 1.03. The monoisotopic (exact) mass is 273 g/mol. The summed E-state index contributed by atoms with van der Waals surface area (Å²) in [6, 6.07) is 5.43. The Morgan fingerprint density at radius 3 is 2.73 bits per heavy atom. The minimum atomic E-state index is -0.179. The van der Waals surface area contributed by atoms with Gasteiger partial charge in [-0.2, -0.15) is 0 Å². The van der Waals surface area contributed by atoms with Gasteiger partial charge in [-0.3, -0.25) is 0 Å². The van der Waals surface area contributed by atoms with Crippen LogP contribution in [0.15, 0.2) is 22.7 Å². The zero-order valence-corrected chi connectivity index (χ0v) is 10.8. The quantitative estimate of drug-likeness (QED) is 0.866. The average Bonchev–Trinajstić information content (AvgIpc) is 2.13. The zero-order valence-electron chi connectivity index (χ0n) is 9.19. The van der Waals surface area contributed by atoms with Gasteiger partial charge in [0.25, 0.3) is 0 Å². The summed E-state index contributed by atoms with van der Waals surface area (Å²) in [5, 5.41) is 3.38. The topological polar surface area (TPSA) is 12.0 Å². The molecule has 0 saturated heterocycles. The third-order valence-corrected chi connectivity index (χ3v) is 2.66. The van der Waals surface area contributed by atoms with Crippen LogP contribution in [0.1, 0.15) is 25.8 Å². The van der Waals surface area contributed by atoms with Crippen LogP contribution >= 0.6 is 15.9 Å². The molecule has 0 bridgehead atoms. The second kappa shape index (κ2) is 6.23. The first-order chi connectivity index (χ1) is 7.11. The third-order valence-electron chi connectivity index (χ3n) is 2.21. The van der Waals surface area contributed by atoms with Crippen LogP contribution in [-0.2, 0) is 6.42 Å². The Balaban J connectivity index is 2.56. The zero-order chi connectivity index (χ0) is 11.3. The van der Waals surface area contributed by atoms with E-state index in [0.717, 1.165) is 29.4 Å². The lowest BCUT2D eigenvalue weighted by atomic mass is 10.1. The lowest BCUT2D eigenvalue weighted by molar-refractivity contribution is 0.541. The van der Waals surface area contributed by atoms with E-state index in [0.29, 0.717) is 6.04 Å². The number of hydrogen-bond donors (Lipinski definition) is 1. The van der Waals surface area contributed by atoms with Crippen LogP contribution in [0.25, 0.3) is 0 Å². The molecule has 1 aromatic rings. The highest BCUT2D eigenvalue weighted by atomic mass is 79.9. The van der Waals surface area contributed by atoms with Gasteiger partial charge in [0.05, 0.1) is 0 Å². The predicted molar refractivity (Wildman–Crippen MR) is 65.6 cm³/mol. The van der Waals surface area contributed by atoms with Gasteiger partial charge in [0, 0.05) is 10.5 Å². The first kappa shape index (κ1) is 12.7. The Kier molecular flexibility index (Phi) is 5.26. The van der Waals surface area contributed by atoms with Crippen molar-refractivity contribution in [1.82, 2.24) is 5.32 Å². The minimum Gasteiger partial charge on any atom is -0.314 e. The smallest absolute Gasteiger partial charge is 0.124 e. The van der Waals surface area contributed by atoms with Crippen molar-refractivity contribution in [2.45, 2.75) is 32.7 Å². The predicted octanol–water partition coefficient (Wildman–Crippen LogP) is 3.52. The molecule has 1 aromatic carbocycles. The molecule has 1 rings (SSSR count). The molecular formula is C12H17BrFN. The van der Waals surface area contributed by atoms with Gasteiger partial charge in [-0.05, 0) is 50.1 Å². The maximum Gasteiger partial charge on any atom is 0.124 e. The van der Waals surface area contributed by atoms with Crippen molar-refractivity contribution < 1.29 is 4.39 Å². The number of rotatable bonds is 5. The van der Waals surface area contributed by atoms with E-state index in [9.17, 15) is 4.39 Å². The summed E-state index contributed by atoms with van der Waals surface area (Å²) in [4.78, 5) is 0. The van der Waals surface area contributed by atoms with Crippen LogP contribution in [0.2, 0.25) is 0 Å². The van der Waals surface area contributed by atoms with E-state index in [1.54, 1.807) is 6.07 Å². The third kappa shape index (κ3) is 4.76. The Bertz CT molecular complexity index is 294. The summed E-state index contributed by atoms with van der Waals surface area (Å²) >= 11 is 3.30. The molecule has 0 radical (unpaired) electrons. The summed E-state index contributed by atoms with van der Waals surface area (Å²) in [5.74, 6) is -0.179. The van der Waals surface area contributed by atoms with E-state index in [-0.39, 0.29) is 5.82 Å². The number of halogens is 2. The first-order valence-electron chi connectivity index (χ1n) is 5.30. The van der Waals surface area contributed by atoms with Gasteiger partial charge in [-0.25, -0.2) is 4.39 Å². The molecule has 0 amide bonds. The van der Waals surface area contributed by atoms with Crippen molar-refractivity contribution in [3.8, 4) is 0 Å². The normalized spacial score (nSPS) is 12.8. The van der Waals surface area contributed by atoms with E-state index in [2.05, 4.69) is 35.1 Å². The fraction of sp³-hybridized carbons (Fsp3) is 0.500. The van der Waals surface area contributed by atoms with Gasteiger partial charge in [-0.15, -0.1) is 0 Å². The van der Waals surface area contributed by atoms with Crippen molar-refractivity contribution in [3.05, 3.63) is 34.1 Å². The highest BCUT2D eigenvalue weighted by molar-refractivity contribution is 9.10. The average molecular weight is 274 g/mol. The molecule has 1 nitrogen and oxygen atoms in total. The van der Waals surface area contributed by atoms with Crippen molar-refractivity contribution >= 4 is 15.9 Å². The number of hydrogen-bond acceptors (Lipinski definition) is 1. The van der Waals surface area contributed by atoms with Gasteiger partial charge in [0.2, 0.25) is 0 Å². The molecule has 15 heavy (non-hydrogen) atoms. The van der Waals surface area contributed by atoms with Crippen LogP contribution < -0.4 is 5.32 Å². The molecule has 0 fully saturated rings. The fourth-order valence-electron chi connectivity index (χ4n) is 1.55. The molecule has 0 saturated carbocycles. The second-order valence-corrected chi connectivity index (χ2v) is 4.75. The van der Waals surface area contributed by atoms with Crippen LogP contribution in [-0.4, -0.2) is 12.6 Å². The van der Waals surface area contributed by atoms with Crippen molar-refractivity contribution in [2.75, 3.05) is 6.54 Å². The van der Waals surface area contributed by atoms with Gasteiger partial charge in [0.1, 0.15) is 5.82 Å². The maximum absolute atomic E-state index is 13.1. The molecule has 0 aliphatic heterocycles. The van der Waals surface area contributed by atoms with E-state index < -0.39 is 0 Å². The number of nitrogens with one attached hydrogen (secondary N) is 1. The fourth-order valence-corrected chi connectivity index (χ4v) is 2.06. The highest BCUT2D eigenvalue weighted by Gasteiger charge is 2.04. The SMILES string of the molecule is CCCNC(C)Cc1cc(F)cc(Br)c1. The summed E-state index contributed by atoms with van der Waals surface area (Å²) < 4.78 is 13.9. The van der Waals surface area contributed by atoms with E-state index >= 15 is 0 Å². The highest BCUT2D eigenvalue weighted by Crippen LogP contribution is 2.16. The molecule has 0 aliphatic rings. The lowest BCUT2D eigenvalue weighted by Crippen LogP contribution is -2.28. The molecular weight excluding hydrogens is 257 g/mol. The Morgan fingerprint density at radius 2 is 2.13 bits per heavy atom. The molecule has 84 valence electrons. The Morgan fingerprint density at radius 1 is 1.40 bits per heavy atom. The van der Waals surface area contributed by atoms with E-state index in [4.69, 9.17) is 0 Å². The Hall–Kier alpha value is -0.410. The molecule has 0 heterocycles. The van der Waals surface area contributed by atoms with Crippen LogP contribution in [0, 0.1) is 5.82 Å². The standard InChI is InChI=1S/C12H17BrFN/c1-3-4-15-9(2)5-10-6-11(13)8-12(14)7-10/h6-9,15H,3-5H2,1-2H3. The maximum atomic E-state index is 13.1. The van der Waals surface area contributed by atoms with E-state index in [1.165, 1.54) is 6.07 Å². The van der Waals surface area contributed by atoms with Gasteiger partial charge >= 0.3 is 0 Å². The molecule has 3 heteroatoms. The molecule has 0 aliphatic carbocycles. The van der Waals surface area contributed by atoms with Crippen LogP contribution in [0.5, 0.6) is 0 Å². The minimum absolute atomic E-state index is 0.179. The van der Waals surface area contributed by atoms with Crippen LogP contribution in [0.3, 0.4) is 0 Å². The van der Waals surface area contributed by atoms with Crippen molar-refractivity contribution in [3.63, 3.8) is 0 Å². The second-order valence-electron chi connectivity index (χ2n) is 3.84. The molecule has 1 atom stereocenters. The summed E-state index contributed by atoms with van der Waals surface area (Å²) in [7, 11) is 0. The molecule has 1 N–H and O–H groups in total. The largest absolute Gasteiger partial charge is 0.314 e. The lowest BCUT2D eigenvalue weighted by Gasteiger charge is -2.13. The van der Waals surface area contributed by atoms with Crippen molar-refractivity contribution in [2.24, 2.45) is 0 Å².